The molecule has 0 fully saturated rings. The van der Waals surface area contributed by atoms with Crippen LogP contribution < -0.4 is 0 Å². The van der Waals surface area contributed by atoms with Gasteiger partial charge in [0.05, 0.1) is 14.2 Å². The van der Waals surface area contributed by atoms with Gasteiger partial charge in [0, 0.05) is 23.4 Å². The quantitative estimate of drug-likeness (QED) is 0.510. The van der Waals surface area contributed by atoms with E-state index in [1.54, 1.807) is 24.3 Å². The van der Waals surface area contributed by atoms with Crippen LogP contribution in [0.1, 0.15) is 50.3 Å². The second-order valence-corrected chi connectivity index (χ2v) is 9.22. The zero-order valence-electron chi connectivity index (χ0n) is 19.4. The highest BCUT2D eigenvalue weighted by Gasteiger charge is 2.28. The molecule has 0 atom stereocenters. The Balaban J connectivity index is 2.22. The van der Waals surface area contributed by atoms with Crippen LogP contribution in [-0.2, 0) is 37.3 Å². The minimum Gasteiger partial charge on any atom is -0.505 e. The van der Waals surface area contributed by atoms with Crippen LogP contribution in [0.5, 0.6) is 5.75 Å². The molecule has 9 heteroatoms. The lowest BCUT2D eigenvalue weighted by atomic mass is 9.79. The monoisotopic (exact) mass is 473 g/mol. The highest BCUT2D eigenvalue weighted by atomic mass is 35.5. The Labute approximate surface area is 197 Å². The van der Waals surface area contributed by atoms with Gasteiger partial charge < -0.3 is 14.6 Å². The standard InChI is InChI=1S/C24H28ClN3O5/c1-24(2,3)22-16(8-11-21(30)33-5)14(6-10-20(29)32-4)12-19(23(22)31)28-26-17-9-7-15(25)13-18(17)27-28/h7,9,12-13,31H,6,8,10-11H2,1-5H3. The van der Waals surface area contributed by atoms with Crippen molar-refractivity contribution in [2.45, 2.75) is 51.9 Å². The maximum Gasteiger partial charge on any atom is 0.305 e. The summed E-state index contributed by atoms with van der Waals surface area (Å²) in [5, 5.41) is 20.9. The highest BCUT2D eigenvalue weighted by molar-refractivity contribution is 6.31. The number of carbonyl (C=O) groups is 2. The largest absolute Gasteiger partial charge is 0.505 e. The van der Waals surface area contributed by atoms with Crippen LogP contribution in [0.4, 0.5) is 0 Å². The summed E-state index contributed by atoms with van der Waals surface area (Å²) >= 11 is 6.09. The number of halogens is 1. The third kappa shape index (κ3) is 5.45. The average Bonchev–Trinajstić information content (AvgIpc) is 3.17. The number of benzene rings is 2. The molecule has 0 bridgehead atoms. The minimum atomic E-state index is -0.471. The normalized spacial score (nSPS) is 11.6. The molecule has 1 N–H and O–H groups in total. The first-order valence-electron chi connectivity index (χ1n) is 10.6. The van der Waals surface area contributed by atoms with E-state index in [2.05, 4.69) is 10.2 Å². The molecule has 1 heterocycles. The van der Waals surface area contributed by atoms with Gasteiger partial charge in [-0.2, -0.15) is 0 Å². The topological polar surface area (TPSA) is 104 Å². The number of hydrogen-bond acceptors (Lipinski definition) is 7. The van der Waals surface area contributed by atoms with Gasteiger partial charge in [-0.3, -0.25) is 9.59 Å². The highest BCUT2D eigenvalue weighted by Crippen LogP contribution is 2.41. The molecule has 0 aliphatic rings. The molecule has 0 unspecified atom stereocenters. The van der Waals surface area contributed by atoms with E-state index in [9.17, 15) is 14.7 Å². The molecule has 0 saturated carbocycles. The number of aryl methyl sites for hydroxylation is 1. The molecule has 33 heavy (non-hydrogen) atoms. The number of fused-ring (bicyclic) bond motifs is 1. The lowest BCUT2D eigenvalue weighted by Gasteiger charge is -2.27. The molecule has 0 aliphatic heterocycles. The van der Waals surface area contributed by atoms with Crippen molar-refractivity contribution in [3.05, 3.63) is 46.0 Å². The first kappa shape index (κ1) is 24.5. The van der Waals surface area contributed by atoms with Gasteiger partial charge in [-0.05, 0) is 53.6 Å². The number of aromatic hydroxyl groups is 1. The van der Waals surface area contributed by atoms with Crippen molar-refractivity contribution < 1.29 is 24.2 Å². The molecular weight excluding hydrogens is 446 g/mol. The molecule has 0 amide bonds. The Morgan fingerprint density at radius 3 is 2.21 bits per heavy atom. The van der Waals surface area contributed by atoms with Gasteiger partial charge in [0.25, 0.3) is 0 Å². The van der Waals surface area contributed by atoms with E-state index in [4.69, 9.17) is 21.1 Å². The molecule has 0 saturated heterocycles. The summed E-state index contributed by atoms with van der Waals surface area (Å²) < 4.78 is 9.62. The van der Waals surface area contributed by atoms with E-state index >= 15 is 0 Å². The van der Waals surface area contributed by atoms with Crippen molar-refractivity contribution in [2.24, 2.45) is 0 Å². The molecule has 8 nitrogen and oxygen atoms in total. The van der Waals surface area contributed by atoms with Crippen LogP contribution >= 0.6 is 11.6 Å². The molecule has 3 aromatic rings. The Kier molecular flexibility index (Phi) is 7.27. The molecule has 0 radical (unpaired) electrons. The van der Waals surface area contributed by atoms with Crippen LogP contribution in [0.3, 0.4) is 0 Å². The number of carbonyl (C=O) groups excluding carboxylic acids is 2. The number of esters is 2. The molecule has 2 aromatic carbocycles. The smallest absolute Gasteiger partial charge is 0.305 e. The fourth-order valence-electron chi connectivity index (χ4n) is 3.88. The van der Waals surface area contributed by atoms with E-state index in [-0.39, 0.29) is 30.5 Å². The molecule has 0 aliphatic carbocycles. The number of methoxy groups -OCH3 is 2. The number of nitrogens with zero attached hydrogens (tertiary/aromatic N) is 3. The van der Waals surface area contributed by atoms with Gasteiger partial charge in [-0.25, -0.2) is 0 Å². The fourth-order valence-corrected chi connectivity index (χ4v) is 4.05. The van der Waals surface area contributed by atoms with Crippen molar-refractivity contribution in [1.82, 2.24) is 15.0 Å². The van der Waals surface area contributed by atoms with Gasteiger partial charge in [0.1, 0.15) is 22.5 Å². The Morgan fingerprint density at radius 2 is 1.61 bits per heavy atom. The summed E-state index contributed by atoms with van der Waals surface area (Å²) in [5.41, 5.74) is 3.41. The molecule has 1 aromatic heterocycles. The number of phenols is 1. The zero-order chi connectivity index (χ0) is 24.3. The van der Waals surface area contributed by atoms with E-state index < -0.39 is 5.41 Å². The summed E-state index contributed by atoms with van der Waals surface area (Å²) in [6.45, 7) is 5.93. The maximum absolute atomic E-state index is 11.9. The Hall–Kier alpha value is -3.13. The van der Waals surface area contributed by atoms with Crippen LogP contribution in [0, 0.1) is 0 Å². The first-order valence-corrected chi connectivity index (χ1v) is 11.0. The van der Waals surface area contributed by atoms with Gasteiger partial charge in [-0.1, -0.05) is 32.4 Å². The van der Waals surface area contributed by atoms with Gasteiger partial charge in [0.2, 0.25) is 0 Å². The summed E-state index contributed by atoms with van der Waals surface area (Å²) in [4.78, 5) is 25.1. The molecular formula is C24H28ClN3O5. The van der Waals surface area contributed by atoms with Gasteiger partial charge in [-0.15, -0.1) is 15.0 Å². The van der Waals surface area contributed by atoms with E-state index in [0.717, 1.165) is 11.1 Å². The molecule has 176 valence electrons. The molecule has 0 spiro atoms. The predicted octanol–water partition coefficient (Wildman–Crippen LogP) is 4.29. The number of phenolic OH excluding ortho intramolecular Hbond substituents is 1. The number of rotatable bonds is 7. The van der Waals surface area contributed by atoms with Crippen LogP contribution in [0.15, 0.2) is 24.3 Å². The summed E-state index contributed by atoms with van der Waals surface area (Å²) in [7, 11) is 2.68. The van der Waals surface area contributed by atoms with E-state index in [1.165, 1.54) is 19.0 Å². The van der Waals surface area contributed by atoms with Crippen molar-refractivity contribution in [1.29, 1.82) is 0 Å². The number of ether oxygens (including phenoxy) is 2. The second-order valence-electron chi connectivity index (χ2n) is 8.78. The van der Waals surface area contributed by atoms with E-state index in [0.29, 0.717) is 40.1 Å². The molecule has 3 rings (SSSR count). The van der Waals surface area contributed by atoms with Crippen LogP contribution in [0.25, 0.3) is 16.7 Å². The number of hydrogen-bond donors (Lipinski definition) is 1. The lowest BCUT2D eigenvalue weighted by Crippen LogP contribution is -2.19. The SMILES string of the molecule is COC(=O)CCc1cc(-n2nc3ccc(Cl)cc3n2)c(O)c(C(C)(C)C)c1CCC(=O)OC. The third-order valence-electron chi connectivity index (χ3n) is 5.42. The summed E-state index contributed by atoms with van der Waals surface area (Å²) in [6, 6.07) is 6.94. The van der Waals surface area contributed by atoms with Crippen molar-refractivity contribution >= 4 is 34.6 Å². The third-order valence-corrected chi connectivity index (χ3v) is 5.66. The predicted molar refractivity (Wildman–Crippen MR) is 125 cm³/mol. The fraction of sp³-hybridized carbons (Fsp3) is 0.417. The average molecular weight is 474 g/mol. The Morgan fingerprint density at radius 1 is 1.00 bits per heavy atom. The second kappa shape index (κ2) is 9.79. The van der Waals surface area contributed by atoms with Crippen LogP contribution in [0.2, 0.25) is 5.02 Å². The minimum absolute atomic E-state index is 0.0237. The summed E-state index contributed by atoms with van der Waals surface area (Å²) in [5.74, 6) is -0.678. The zero-order valence-corrected chi connectivity index (χ0v) is 20.2. The lowest BCUT2D eigenvalue weighted by molar-refractivity contribution is -0.141. The first-order chi connectivity index (χ1) is 15.5. The van der Waals surface area contributed by atoms with Gasteiger partial charge in [0.15, 0.2) is 0 Å². The van der Waals surface area contributed by atoms with Crippen molar-refractivity contribution in [3.63, 3.8) is 0 Å². The summed E-state index contributed by atoms with van der Waals surface area (Å²) in [6.07, 6.45) is 1.02. The maximum atomic E-state index is 11.9. The van der Waals surface area contributed by atoms with Crippen molar-refractivity contribution in [3.8, 4) is 11.4 Å². The van der Waals surface area contributed by atoms with Crippen LogP contribution in [-0.4, -0.2) is 46.3 Å². The number of aromatic nitrogens is 3. The Bertz CT molecular complexity index is 1200. The van der Waals surface area contributed by atoms with Gasteiger partial charge >= 0.3 is 11.9 Å². The van der Waals surface area contributed by atoms with Crippen molar-refractivity contribution in [2.75, 3.05) is 14.2 Å². The van der Waals surface area contributed by atoms with E-state index in [1.807, 2.05) is 20.8 Å².